The lowest BCUT2D eigenvalue weighted by atomic mass is 9.99. The normalized spacial score (nSPS) is 17.7. The summed E-state index contributed by atoms with van der Waals surface area (Å²) < 4.78 is 27.9. The van der Waals surface area contributed by atoms with Gasteiger partial charge in [-0.05, 0) is 37.2 Å². The number of sulfonamides is 1. The van der Waals surface area contributed by atoms with E-state index in [4.69, 9.17) is 0 Å². The van der Waals surface area contributed by atoms with Crippen molar-refractivity contribution in [3.05, 3.63) is 35.9 Å². The zero-order valence-electron chi connectivity index (χ0n) is 18.0. The smallest absolute Gasteiger partial charge is 0.230 e. The fourth-order valence-corrected chi connectivity index (χ4v) is 6.72. The van der Waals surface area contributed by atoms with Gasteiger partial charge in [0.05, 0.1) is 11.7 Å². The monoisotopic (exact) mass is 482 g/mol. The number of hydrogen-bond acceptors (Lipinski definition) is 7. The molecule has 0 spiro atoms. The Morgan fingerprint density at radius 3 is 2.81 bits per heavy atom. The highest BCUT2D eigenvalue weighted by Crippen LogP contribution is 2.28. The number of piperidine rings is 1. The average molecular weight is 483 g/mol. The molecule has 1 atom stereocenters. The minimum Gasteiger partial charge on any atom is -0.300 e. The molecular formula is C21H30N4O3S3. The summed E-state index contributed by atoms with van der Waals surface area (Å²) in [7, 11) is -3.38. The van der Waals surface area contributed by atoms with Crippen molar-refractivity contribution in [1.82, 2.24) is 14.5 Å². The van der Waals surface area contributed by atoms with Crippen molar-refractivity contribution >= 4 is 44.2 Å². The fraction of sp³-hybridized carbons (Fsp3) is 0.571. The van der Waals surface area contributed by atoms with Crippen LogP contribution in [0.1, 0.15) is 38.7 Å². The topological polar surface area (TPSA) is 92.3 Å². The van der Waals surface area contributed by atoms with Crippen LogP contribution in [0.4, 0.5) is 5.13 Å². The molecule has 1 aromatic heterocycles. The van der Waals surface area contributed by atoms with E-state index < -0.39 is 10.0 Å². The predicted molar refractivity (Wildman–Crippen MR) is 127 cm³/mol. The Morgan fingerprint density at radius 1 is 1.29 bits per heavy atom. The zero-order valence-corrected chi connectivity index (χ0v) is 20.4. The van der Waals surface area contributed by atoms with Gasteiger partial charge >= 0.3 is 0 Å². The van der Waals surface area contributed by atoms with E-state index in [0.717, 1.165) is 22.1 Å². The third-order valence-electron chi connectivity index (χ3n) is 5.04. The Morgan fingerprint density at radius 2 is 2.06 bits per heavy atom. The van der Waals surface area contributed by atoms with Crippen molar-refractivity contribution in [3.63, 3.8) is 0 Å². The van der Waals surface area contributed by atoms with Crippen molar-refractivity contribution in [1.29, 1.82) is 0 Å². The second kappa shape index (κ2) is 11.4. The molecule has 0 aliphatic carbocycles. The Hall–Kier alpha value is -1.49. The minimum atomic E-state index is -3.38. The van der Waals surface area contributed by atoms with Crippen LogP contribution in [0.2, 0.25) is 0 Å². The largest absolute Gasteiger partial charge is 0.300 e. The average Bonchev–Trinajstić information content (AvgIpc) is 3.20. The molecule has 1 saturated heterocycles. The van der Waals surface area contributed by atoms with Crippen LogP contribution in [0, 0.1) is 11.8 Å². The van der Waals surface area contributed by atoms with E-state index in [1.54, 1.807) is 11.8 Å². The second-order valence-electron chi connectivity index (χ2n) is 8.17. The van der Waals surface area contributed by atoms with Gasteiger partial charge in [0.2, 0.25) is 21.1 Å². The molecule has 0 radical (unpaired) electrons. The van der Waals surface area contributed by atoms with E-state index in [-0.39, 0.29) is 24.1 Å². The van der Waals surface area contributed by atoms with Gasteiger partial charge in [0.15, 0.2) is 4.34 Å². The maximum Gasteiger partial charge on any atom is 0.230 e. The lowest BCUT2D eigenvalue weighted by Crippen LogP contribution is -2.44. The number of amides is 1. The van der Waals surface area contributed by atoms with Gasteiger partial charge in [-0.3, -0.25) is 4.79 Å². The van der Waals surface area contributed by atoms with E-state index in [0.29, 0.717) is 36.9 Å². The molecule has 170 valence electrons. The Kier molecular flexibility index (Phi) is 8.88. The number of nitrogens with one attached hydrogen (secondary N) is 1. The first-order chi connectivity index (χ1) is 14.8. The summed E-state index contributed by atoms with van der Waals surface area (Å²) in [6.07, 6.45) is 2.66. The van der Waals surface area contributed by atoms with Gasteiger partial charge in [-0.1, -0.05) is 67.3 Å². The number of thioether (sulfide) groups is 1. The van der Waals surface area contributed by atoms with Crippen LogP contribution in [0.15, 0.2) is 34.7 Å². The molecule has 10 heteroatoms. The first-order valence-electron chi connectivity index (χ1n) is 10.6. The molecule has 1 aliphatic rings. The summed E-state index contributed by atoms with van der Waals surface area (Å²) in [4.78, 5) is 12.7. The van der Waals surface area contributed by atoms with Crippen molar-refractivity contribution < 1.29 is 13.2 Å². The van der Waals surface area contributed by atoms with Gasteiger partial charge in [-0.15, -0.1) is 10.2 Å². The van der Waals surface area contributed by atoms with Crippen LogP contribution < -0.4 is 5.32 Å². The molecule has 3 rings (SSSR count). The highest BCUT2D eigenvalue weighted by Gasteiger charge is 2.32. The van der Waals surface area contributed by atoms with Gasteiger partial charge < -0.3 is 5.32 Å². The van der Waals surface area contributed by atoms with Crippen LogP contribution in [0.25, 0.3) is 0 Å². The molecule has 1 aliphatic heterocycles. The highest BCUT2D eigenvalue weighted by atomic mass is 32.2. The van der Waals surface area contributed by atoms with E-state index >= 15 is 0 Å². The molecule has 1 unspecified atom stereocenters. The zero-order chi connectivity index (χ0) is 22.3. The number of anilines is 1. The van der Waals surface area contributed by atoms with Gasteiger partial charge in [-0.25, -0.2) is 12.7 Å². The van der Waals surface area contributed by atoms with Gasteiger partial charge in [0.1, 0.15) is 0 Å². The Bertz CT molecular complexity index is 948. The molecule has 0 saturated carbocycles. The van der Waals surface area contributed by atoms with Crippen LogP contribution in [0.3, 0.4) is 0 Å². The molecule has 7 nitrogen and oxygen atoms in total. The lowest BCUT2D eigenvalue weighted by Gasteiger charge is -2.31. The maximum atomic E-state index is 12.8. The maximum absolute atomic E-state index is 12.8. The Labute approximate surface area is 193 Å². The Balaban J connectivity index is 1.50. The van der Waals surface area contributed by atoms with Crippen molar-refractivity contribution in [2.45, 2.75) is 43.9 Å². The molecule has 1 fully saturated rings. The van der Waals surface area contributed by atoms with Crippen molar-refractivity contribution in [3.8, 4) is 0 Å². The molecule has 1 amide bonds. The number of rotatable bonds is 10. The van der Waals surface area contributed by atoms with E-state index in [1.165, 1.54) is 15.6 Å². The number of benzene rings is 1. The number of aromatic nitrogens is 2. The molecule has 2 heterocycles. The molecule has 31 heavy (non-hydrogen) atoms. The van der Waals surface area contributed by atoms with Crippen LogP contribution in [0.5, 0.6) is 0 Å². The number of hydrogen-bond donors (Lipinski definition) is 1. The molecule has 1 N–H and O–H groups in total. The minimum absolute atomic E-state index is 0.100. The summed E-state index contributed by atoms with van der Waals surface area (Å²) in [5.74, 6) is 1.05. The predicted octanol–water partition coefficient (Wildman–Crippen LogP) is 3.90. The number of aryl methyl sites for hydroxylation is 1. The molecule has 1 aromatic carbocycles. The van der Waals surface area contributed by atoms with Gasteiger partial charge in [-0.2, -0.15) is 0 Å². The quantitative estimate of drug-likeness (QED) is 0.408. The molecule has 2 aromatic rings. The molecule has 0 bridgehead atoms. The third-order valence-corrected chi connectivity index (χ3v) is 9.36. The van der Waals surface area contributed by atoms with Crippen LogP contribution in [-0.2, 0) is 21.2 Å². The van der Waals surface area contributed by atoms with Gasteiger partial charge in [0, 0.05) is 18.8 Å². The number of nitrogens with zero attached hydrogens (tertiary/aromatic N) is 3. The second-order valence-corrected chi connectivity index (χ2v) is 12.5. The van der Waals surface area contributed by atoms with E-state index in [2.05, 4.69) is 29.4 Å². The standard InChI is InChI=1S/C21H30N4O3S3/c1-16(2)15-29-21-24-23-20(30-21)22-19(26)18-11-6-12-25(14-18)31(27,28)13-7-10-17-8-4-3-5-9-17/h3-5,8-9,16,18H,6-7,10-15H2,1-2H3,(H,22,23,26). The summed E-state index contributed by atoms with van der Waals surface area (Å²) in [5, 5.41) is 11.5. The van der Waals surface area contributed by atoms with Crippen molar-refractivity contribution in [2.75, 3.05) is 29.9 Å². The summed E-state index contributed by atoms with van der Waals surface area (Å²) in [6.45, 7) is 4.99. The lowest BCUT2D eigenvalue weighted by molar-refractivity contribution is -0.120. The first kappa shape index (κ1) is 24.2. The van der Waals surface area contributed by atoms with Crippen LogP contribution in [-0.4, -0.2) is 53.4 Å². The highest BCUT2D eigenvalue weighted by molar-refractivity contribution is 8.01. The third kappa shape index (κ3) is 7.55. The number of carbonyl (C=O) groups excluding carboxylic acids is 1. The SMILES string of the molecule is CC(C)CSc1nnc(NC(=O)C2CCCN(S(=O)(=O)CCCc3ccccc3)C2)s1. The fourth-order valence-electron chi connectivity index (χ4n) is 3.41. The summed E-state index contributed by atoms with van der Waals surface area (Å²) >= 11 is 2.99. The van der Waals surface area contributed by atoms with Crippen LogP contribution >= 0.6 is 23.1 Å². The van der Waals surface area contributed by atoms with Crippen molar-refractivity contribution in [2.24, 2.45) is 11.8 Å². The van der Waals surface area contributed by atoms with E-state index in [1.807, 2.05) is 30.3 Å². The van der Waals surface area contributed by atoms with Gasteiger partial charge in [0.25, 0.3) is 0 Å². The first-order valence-corrected chi connectivity index (χ1v) is 14.0. The summed E-state index contributed by atoms with van der Waals surface area (Å²) in [5.41, 5.74) is 1.14. The number of carbonyl (C=O) groups is 1. The van der Waals surface area contributed by atoms with E-state index in [9.17, 15) is 13.2 Å². The molecular weight excluding hydrogens is 452 g/mol. The summed E-state index contributed by atoms with van der Waals surface area (Å²) in [6, 6.07) is 9.89.